The van der Waals surface area contributed by atoms with Crippen LogP contribution in [0.5, 0.6) is 0 Å². The molecule has 3 N–H and O–H groups in total. The number of nitrogens with one attached hydrogen (secondary N) is 3. The van der Waals surface area contributed by atoms with Crippen molar-refractivity contribution in [3.63, 3.8) is 0 Å². The van der Waals surface area contributed by atoms with Crippen molar-refractivity contribution in [1.82, 2.24) is 15.0 Å². The Hall–Kier alpha value is -2.49. The van der Waals surface area contributed by atoms with Gasteiger partial charge >= 0.3 is 6.03 Å². The number of nitrogens with zero attached hydrogens (tertiary/aromatic N) is 1. The van der Waals surface area contributed by atoms with Crippen LogP contribution in [0.2, 0.25) is 0 Å². The van der Waals surface area contributed by atoms with E-state index in [0.717, 1.165) is 24.8 Å². The summed E-state index contributed by atoms with van der Waals surface area (Å²) in [7, 11) is -1.99. The molecule has 0 radical (unpaired) electrons. The van der Waals surface area contributed by atoms with E-state index < -0.39 is 10.0 Å². The number of hydrogen-bond donors (Lipinski definition) is 3. The molecule has 1 aromatic heterocycles. The third-order valence-corrected chi connectivity index (χ3v) is 6.94. The Bertz CT molecular complexity index is 935. The van der Waals surface area contributed by atoms with Gasteiger partial charge in [-0.3, -0.25) is 4.98 Å². The number of ether oxygens (including phenoxy) is 1. The minimum atomic E-state index is -3.66. The summed E-state index contributed by atoms with van der Waals surface area (Å²) in [6.07, 6.45) is 6.06. The number of benzene rings is 1. The number of sulfonamides is 1. The molecule has 0 saturated heterocycles. The van der Waals surface area contributed by atoms with Crippen molar-refractivity contribution in [1.29, 1.82) is 0 Å². The maximum absolute atomic E-state index is 12.8. The van der Waals surface area contributed by atoms with Crippen LogP contribution in [0.25, 0.3) is 0 Å². The number of aromatic nitrogens is 1. The van der Waals surface area contributed by atoms with Gasteiger partial charge in [-0.15, -0.1) is 0 Å². The molecule has 3 atom stereocenters. The van der Waals surface area contributed by atoms with Crippen LogP contribution >= 0.6 is 0 Å². The number of pyridine rings is 1. The molecule has 0 aliphatic heterocycles. The van der Waals surface area contributed by atoms with Gasteiger partial charge in [-0.05, 0) is 61.1 Å². The van der Waals surface area contributed by atoms with Crippen molar-refractivity contribution < 1.29 is 17.9 Å². The Morgan fingerprint density at radius 1 is 1.20 bits per heavy atom. The Morgan fingerprint density at radius 2 is 1.97 bits per heavy atom. The van der Waals surface area contributed by atoms with Crippen LogP contribution in [0.15, 0.2) is 53.7 Å². The molecule has 3 rings (SSSR count). The van der Waals surface area contributed by atoms with Crippen molar-refractivity contribution in [2.24, 2.45) is 5.92 Å². The van der Waals surface area contributed by atoms with Gasteiger partial charge in [0.15, 0.2) is 0 Å². The smallest absolute Gasteiger partial charge is 0.319 e. The molecule has 1 aliphatic carbocycles. The topological polar surface area (TPSA) is 109 Å². The minimum absolute atomic E-state index is 0.0585. The van der Waals surface area contributed by atoms with E-state index in [4.69, 9.17) is 4.74 Å². The Balaban J connectivity index is 1.56. The molecule has 1 saturated carbocycles. The van der Waals surface area contributed by atoms with E-state index in [2.05, 4.69) is 20.3 Å². The first-order valence-electron chi connectivity index (χ1n) is 9.98. The molecule has 1 heterocycles. The van der Waals surface area contributed by atoms with E-state index in [0.29, 0.717) is 12.2 Å². The summed E-state index contributed by atoms with van der Waals surface area (Å²) in [4.78, 5) is 16.2. The van der Waals surface area contributed by atoms with Crippen LogP contribution in [0.1, 0.15) is 31.7 Å². The number of hydrogen-bond acceptors (Lipinski definition) is 5. The average Bonchev–Trinajstić information content (AvgIpc) is 2.75. The lowest BCUT2D eigenvalue weighted by Gasteiger charge is -2.35. The molecule has 0 bridgehead atoms. The first-order valence-corrected chi connectivity index (χ1v) is 11.5. The normalized spacial score (nSPS) is 21.7. The predicted octanol–water partition coefficient (Wildman–Crippen LogP) is 2.89. The van der Waals surface area contributed by atoms with E-state index in [9.17, 15) is 13.2 Å². The summed E-state index contributed by atoms with van der Waals surface area (Å²) in [5.41, 5.74) is 1.39. The molecule has 162 valence electrons. The van der Waals surface area contributed by atoms with Gasteiger partial charge in [-0.25, -0.2) is 17.9 Å². The van der Waals surface area contributed by atoms with Gasteiger partial charge < -0.3 is 15.4 Å². The minimum Gasteiger partial charge on any atom is -0.381 e. The molecule has 8 nitrogen and oxygen atoms in total. The van der Waals surface area contributed by atoms with Crippen molar-refractivity contribution in [3.05, 3.63) is 54.4 Å². The van der Waals surface area contributed by atoms with Crippen molar-refractivity contribution in [3.8, 4) is 0 Å². The summed E-state index contributed by atoms with van der Waals surface area (Å²) >= 11 is 0. The number of amides is 2. The van der Waals surface area contributed by atoms with E-state index in [1.165, 1.54) is 12.1 Å². The largest absolute Gasteiger partial charge is 0.381 e. The fraction of sp³-hybridized carbons (Fsp3) is 0.429. The lowest BCUT2D eigenvalue weighted by molar-refractivity contribution is 0.0192. The van der Waals surface area contributed by atoms with Gasteiger partial charge in [-0.2, -0.15) is 0 Å². The van der Waals surface area contributed by atoms with Crippen LogP contribution in [0, 0.1) is 5.92 Å². The van der Waals surface area contributed by atoms with Crippen LogP contribution in [-0.4, -0.2) is 38.7 Å². The van der Waals surface area contributed by atoms with E-state index in [1.54, 1.807) is 37.7 Å². The Labute approximate surface area is 177 Å². The number of methoxy groups -OCH3 is 1. The van der Waals surface area contributed by atoms with Crippen molar-refractivity contribution in [2.75, 3.05) is 12.4 Å². The maximum atomic E-state index is 12.8. The summed E-state index contributed by atoms with van der Waals surface area (Å²) in [5, 5.41) is 5.42. The standard InChI is InChI=1S/C21H28N4O4S/c1-15-19(6-3-7-20(15)29-2)25-30(27,28)18-10-8-17(9-11-18)24-21(26)23-14-16-5-4-12-22-13-16/h4-5,8-13,15,19-20,25H,3,6-7,14H2,1-2H3,(H2,23,24,26). The molecule has 1 aromatic carbocycles. The predicted molar refractivity (Wildman–Crippen MR) is 114 cm³/mol. The number of carbonyl (C=O) groups is 1. The molecule has 1 fully saturated rings. The lowest BCUT2D eigenvalue weighted by atomic mass is 9.84. The van der Waals surface area contributed by atoms with Crippen LogP contribution in [0.3, 0.4) is 0 Å². The lowest BCUT2D eigenvalue weighted by Crippen LogP contribution is -2.46. The number of carbonyl (C=O) groups excluding carboxylic acids is 1. The third-order valence-electron chi connectivity index (χ3n) is 5.43. The highest BCUT2D eigenvalue weighted by molar-refractivity contribution is 7.89. The maximum Gasteiger partial charge on any atom is 0.319 e. The molecule has 2 amide bonds. The van der Waals surface area contributed by atoms with Crippen molar-refractivity contribution >= 4 is 21.7 Å². The van der Waals surface area contributed by atoms with E-state index in [-0.39, 0.29) is 29.0 Å². The molecule has 30 heavy (non-hydrogen) atoms. The second kappa shape index (κ2) is 10.0. The highest BCUT2D eigenvalue weighted by Crippen LogP contribution is 2.28. The van der Waals surface area contributed by atoms with E-state index >= 15 is 0 Å². The zero-order valence-electron chi connectivity index (χ0n) is 17.2. The number of rotatable bonds is 7. The molecular formula is C21H28N4O4S. The third kappa shape index (κ3) is 5.78. The Kier molecular flexibility index (Phi) is 7.41. The molecule has 9 heteroatoms. The summed E-state index contributed by atoms with van der Waals surface area (Å²) < 4.78 is 33.8. The van der Waals surface area contributed by atoms with Gasteiger partial charge in [0.2, 0.25) is 10.0 Å². The average molecular weight is 433 g/mol. The first-order chi connectivity index (χ1) is 14.4. The molecule has 0 spiro atoms. The highest BCUT2D eigenvalue weighted by Gasteiger charge is 2.33. The molecule has 1 aliphatic rings. The monoisotopic (exact) mass is 432 g/mol. The Morgan fingerprint density at radius 3 is 2.63 bits per heavy atom. The highest BCUT2D eigenvalue weighted by atomic mass is 32.2. The number of urea groups is 1. The van der Waals surface area contributed by atoms with Gasteiger partial charge in [0.1, 0.15) is 0 Å². The fourth-order valence-electron chi connectivity index (χ4n) is 3.67. The van der Waals surface area contributed by atoms with Crippen LogP contribution in [-0.2, 0) is 21.3 Å². The zero-order valence-corrected chi connectivity index (χ0v) is 18.0. The second-order valence-corrected chi connectivity index (χ2v) is 9.20. The van der Waals surface area contributed by atoms with E-state index in [1.807, 2.05) is 13.0 Å². The zero-order chi connectivity index (χ0) is 21.6. The molecule has 3 unspecified atom stereocenters. The first kappa shape index (κ1) is 22.2. The SMILES string of the molecule is COC1CCCC(NS(=O)(=O)c2ccc(NC(=O)NCc3cccnc3)cc2)C1C. The quantitative estimate of drug-likeness (QED) is 0.623. The number of anilines is 1. The molecular weight excluding hydrogens is 404 g/mol. The van der Waals surface area contributed by atoms with Gasteiger partial charge in [0.05, 0.1) is 11.0 Å². The van der Waals surface area contributed by atoms with Gasteiger partial charge in [0, 0.05) is 37.8 Å². The van der Waals surface area contributed by atoms with Crippen molar-refractivity contribution in [2.45, 2.75) is 49.8 Å². The van der Waals surface area contributed by atoms with Crippen LogP contribution < -0.4 is 15.4 Å². The summed E-state index contributed by atoms with van der Waals surface area (Å²) in [5.74, 6) is 0.1000. The van der Waals surface area contributed by atoms with Gasteiger partial charge in [0.25, 0.3) is 0 Å². The second-order valence-electron chi connectivity index (χ2n) is 7.49. The summed E-state index contributed by atoms with van der Waals surface area (Å²) in [6, 6.07) is 9.23. The van der Waals surface area contributed by atoms with Crippen LogP contribution in [0.4, 0.5) is 10.5 Å². The molecule has 2 aromatic rings. The summed E-state index contributed by atoms with van der Waals surface area (Å²) in [6.45, 7) is 2.36. The fourth-order valence-corrected chi connectivity index (χ4v) is 5.03. The van der Waals surface area contributed by atoms with Gasteiger partial charge in [-0.1, -0.05) is 13.0 Å².